The van der Waals surface area contributed by atoms with Gasteiger partial charge in [0.05, 0.1) is 4.90 Å². The van der Waals surface area contributed by atoms with Crippen LogP contribution in [0.3, 0.4) is 0 Å². The molecular formula is C20H26N2O3S. The van der Waals surface area contributed by atoms with E-state index in [0.29, 0.717) is 24.5 Å². The number of hydrogen-bond donors (Lipinski definition) is 0. The van der Waals surface area contributed by atoms with Crippen LogP contribution in [0.25, 0.3) is 0 Å². The lowest BCUT2D eigenvalue weighted by Crippen LogP contribution is -2.36. The molecule has 2 aliphatic heterocycles. The van der Waals surface area contributed by atoms with Gasteiger partial charge < -0.3 is 4.90 Å². The van der Waals surface area contributed by atoms with Gasteiger partial charge in [0.15, 0.2) is 0 Å². The van der Waals surface area contributed by atoms with Gasteiger partial charge in [-0.2, -0.15) is 4.31 Å². The average molecular weight is 375 g/mol. The quantitative estimate of drug-likeness (QED) is 0.764. The van der Waals surface area contributed by atoms with Crippen molar-refractivity contribution in [3.05, 3.63) is 35.9 Å². The lowest BCUT2D eigenvalue weighted by atomic mass is 9.93. The Morgan fingerprint density at radius 3 is 2.58 bits per heavy atom. The Morgan fingerprint density at radius 1 is 1.04 bits per heavy atom. The van der Waals surface area contributed by atoms with Crippen LogP contribution in [0.2, 0.25) is 0 Å². The van der Waals surface area contributed by atoms with Crippen molar-refractivity contribution in [1.82, 2.24) is 4.31 Å². The summed E-state index contributed by atoms with van der Waals surface area (Å²) in [7, 11) is -3.42. The number of carbonyl (C=O) groups excluding carboxylic acids is 1. The maximum Gasteiger partial charge on any atom is 0.243 e. The zero-order chi connectivity index (χ0) is 18.1. The molecule has 5 nitrogen and oxygen atoms in total. The average Bonchev–Trinajstić information content (AvgIpc) is 3.12. The fraction of sp³-hybridized carbons (Fsp3) is 0.550. The maximum absolute atomic E-state index is 12.9. The monoisotopic (exact) mass is 374 g/mol. The molecule has 3 aliphatic rings. The molecule has 1 amide bonds. The number of hydrogen-bond acceptors (Lipinski definition) is 3. The van der Waals surface area contributed by atoms with Crippen molar-refractivity contribution in [1.29, 1.82) is 0 Å². The third kappa shape index (κ3) is 3.21. The standard InChI is InChI=1S/C20H26N2O3S/c23-20(16-7-3-1-4-8-16)22-14-11-17-15-18(9-10-19(17)22)26(24,25)21-12-5-2-6-13-21/h1,3,9-10,15-16H,2,4-8,11-14H2. The van der Waals surface area contributed by atoms with Gasteiger partial charge in [0.25, 0.3) is 0 Å². The lowest BCUT2D eigenvalue weighted by molar-refractivity contribution is -0.122. The molecule has 0 bridgehead atoms. The van der Waals surface area contributed by atoms with Crippen LogP contribution in [0.1, 0.15) is 44.1 Å². The van der Waals surface area contributed by atoms with Gasteiger partial charge in [0.1, 0.15) is 0 Å². The minimum atomic E-state index is -3.42. The summed E-state index contributed by atoms with van der Waals surface area (Å²) in [6, 6.07) is 5.29. The summed E-state index contributed by atoms with van der Waals surface area (Å²) in [4.78, 5) is 15.1. The zero-order valence-corrected chi connectivity index (χ0v) is 15.9. The van der Waals surface area contributed by atoms with Gasteiger partial charge in [0.2, 0.25) is 15.9 Å². The number of allylic oxidation sites excluding steroid dienone is 2. The summed E-state index contributed by atoms with van der Waals surface area (Å²) in [6.45, 7) is 1.88. The third-order valence-corrected chi connectivity index (χ3v) is 7.68. The number of amides is 1. The van der Waals surface area contributed by atoms with E-state index in [1.165, 1.54) is 0 Å². The highest BCUT2D eigenvalue weighted by atomic mass is 32.2. The van der Waals surface area contributed by atoms with E-state index in [-0.39, 0.29) is 11.8 Å². The molecule has 1 saturated heterocycles. The highest BCUT2D eigenvalue weighted by molar-refractivity contribution is 7.89. The Kier molecular flexibility index (Phi) is 4.88. The number of anilines is 1. The molecule has 0 N–H and O–H groups in total. The first kappa shape index (κ1) is 17.7. The van der Waals surface area contributed by atoms with Crippen LogP contribution in [0.4, 0.5) is 5.69 Å². The van der Waals surface area contributed by atoms with Crippen LogP contribution in [0.15, 0.2) is 35.2 Å². The Bertz CT molecular complexity index is 825. The highest BCUT2D eigenvalue weighted by Crippen LogP contribution is 2.34. The summed E-state index contributed by atoms with van der Waals surface area (Å²) in [5, 5.41) is 0. The molecule has 1 aromatic rings. The normalized spacial score (nSPS) is 23.8. The van der Waals surface area contributed by atoms with Crippen molar-refractivity contribution in [2.24, 2.45) is 5.92 Å². The van der Waals surface area contributed by atoms with E-state index in [4.69, 9.17) is 0 Å². The molecule has 4 rings (SSSR count). The summed E-state index contributed by atoms with van der Waals surface area (Å²) >= 11 is 0. The first-order chi connectivity index (χ1) is 12.6. The van der Waals surface area contributed by atoms with Crippen molar-refractivity contribution in [2.45, 2.75) is 49.8 Å². The molecule has 1 fully saturated rings. The molecule has 0 aromatic heterocycles. The maximum atomic E-state index is 12.9. The second-order valence-corrected chi connectivity index (χ2v) is 9.41. The minimum absolute atomic E-state index is 0.0581. The topological polar surface area (TPSA) is 57.7 Å². The SMILES string of the molecule is O=C(C1CC=CCC1)N1CCc2cc(S(=O)(=O)N3CCCCC3)ccc21. The predicted molar refractivity (Wildman–Crippen MR) is 102 cm³/mol. The molecule has 2 heterocycles. The summed E-state index contributed by atoms with van der Waals surface area (Å²) < 4.78 is 27.4. The van der Waals surface area contributed by atoms with Gasteiger partial charge >= 0.3 is 0 Å². The first-order valence-corrected chi connectivity index (χ1v) is 11.1. The number of fused-ring (bicyclic) bond motifs is 1. The fourth-order valence-corrected chi connectivity index (χ4v) is 5.83. The van der Waals surface area contributed by atoms with Crippen LogP contribution >= 0.6 is 0 Å². The third-order valence-electron chi connectivity index (χ3n) is 5.78. The van der Waals surface area contributed by atoms with Crippen LogP contribution in [0, 0.1) is 5.92 Å². The molecule has 6 heteroatoms. The summed E-state index contributed by atoms with van der Waals surface area (Å²) in [5.74, 6) is 0.238. The van der Waals surface area contributed by atoms with Gasteiger partial charge in [-0.3, -0.25) is 4.79 Å². The molecular weight excluding hydrogens is 348 g/mol. The number of rotatable bonds is 3. The van der Waals surface area contributed by atoms with E-state index in [1.54, 1.807) is 16.4 Å². The Balaban J connectivity index is 1.56. The molecule has 0 saturated carbocycles. The number of sulfonamides is 1. The highest BCUT2D eigenvalue weighted by Gasteiger charge is 2.32. The predicted octanol–water partition coefficient (Wildman–Crippen LogP) is 3.11. The molecule has 26 heavy (non-hydrogen) atoms. The van der Waals surface area contributed by atoms with E-state index < -0.39 is 10.0 Å². The van der Waals surface area contributed by atoms with E-state index in [9.17, 15) is 13.2 Å². The Hall–Kier alpha value is -1.66. The molecule has 0 spiro atoms. The molecule has 0 radical (unpaired) electrons. The van der Waals surface area contributed by atoms with Crippen LogP contribution in [-0.2, 0) is 21.2 Å². The summed E-state index contributed by atoms with van der Waals surface area (Å²) in [5.41, 5.74) is 1.87. The first-order valence-electron chi connectivity index (χ1n) is 9.67. The van der Waals surface area contributed by atoms with Gasteiger partial charge in [-0.15, -0.1) is 0 Å². The number of nitrogens with zero attached hydrogens (tertiary/aromatic N) is 2. The van der Waals surface area contributed by atoms with Crippen LogP contribution in [-0.4, -0.2) is 38.3 Å². The minimum Gasteiger partial charge on any atom is -0.312 e. The summed E-state index contributed by atoms with van der Waals surface area (Å²) in [6.07, 6.45) is 10.6. The van der Waals surface area contributed by atoms with E-state index in [1.807, 2.05) is 11.0 Å². The van der Waals surface area contributed by atoms with Crippen LogP contribution in [0.5, 0.6) is 0 Å². The second kappa shape index (κ2) is 7.16. The number of benzene rings is 1. The van der Waals surface area contributed by atoms with Crippen molar-refractivity contribution in [2.75, 3.05) is 24.5 Å². The van der Waals surface area contributed by atoms with E-state index in [0.717, 1.165) is 56.2 Å². The molecule has 1 atom stereocenters. The van der Waals surface area contributed by atoms with E-state index >= 15 is 0 Å². The molecule has 1 aliphatic carbocycles. The van der Waals surface area contributed by atoms with Crippen molar-refractivity contribution < 1.29 is 13.2 Å². The van der Waals surface area contributed by atoms with Crippen molar-refractivity contribution in [3.8, 4) is 0 Å². The Morgan fingerprint density at radius 2 is 1.85 bits per heavy atom. The van der Waals surface area contributed by atoms with Crippen molar-refractivity contribution in [3.63, 3.8) is 0 Å². The van der Waals surface area contributed by atoms with Crippen LogP contribution < -0.4 is 4.90 Å². The number of piperidine rings is 1. The Labute approximate surface area is 155 Å². The zero-order valence-electron chi connectivity index (χ0n) is 15.1. The van der Waals surface area contributed by atoms with E-state index in [2.05, 4.69) is 12.2 Å². The van der Waals surface area contributed by atoms with Gasteiger partial charge in [-0.05, 0) is 62.3 Å². The molecule has 140 valence electrons. The fourth-order valence-electron chi connectivity index (χ4n) is 4.26. The largest absolute Gasteiger partial charge is 0.312 e. The van der Waals surface area contributed by atoms with Crippen molar-refractivity contribution >= 4 is 21.6 Å². The lowest BCUT2D eigenvalue weighted by Gasteiger charge is -2.26. The number of carbonyl (C=O) groups is 1. The van der Waals surface area contributed by atoms with Gasteiger partial charge in [-0.25, -0.2) is 8.42 Å². The van der Waals surface area contributed by atoms with Gasteiger partial charge in [0, 0.05) is 31.2 Å². The van der Waals surface area contributed by atoms with Gasteiger partial charge in [-0.1, -0.05) is 18.6 Å². The second-order valence-electron chi connectivity index (χ2n) is 7.48. The molecule has 1 unspecified atom stereocenters. The molecule has 1 aromatic carbocycles. The smallest absolute Gasteiger partial charge is 0.243 e.